The van der Waals surface area contributed by atoms with E-state index in [1.807, 2.05) is 0 Å². The molecular formula is C3H2ClNO3S. The Balaban J connectivity index is 3.20. The van der Waals surface area contributed by atoms with Crippen LogP contribution in [0.15, 0.2) is 22.1 Å². The van der Waals surface area contributed by atoms with Crippen LogP contribution < -0.4 is 0 Å². The van der Waals surface area contributed by atoms with Crippen molar-refractivity contribution in [1.82, 2.24) is 4.98 Å². The van der Waals surface area contributed by atoms with Crippen molar-refractivity contribution >= 4 is 19.7 Å². The quantitative estimate of drug-likeness (QED) is 0.575. The van der Waals surface area contributed by atoms with Crippen LogP contribution in [0.1, 0.15) is 0 Å². The molecule has 1 aromatic heterocycles. The molecule has 4 nitrogen and oxygen atoms in total. The van der Waals surface area contributed by atoms with E-state index in [4.69, 9.17) is 10.7 Å². The Kier molecular flexibility index (Phi) is 1.46. The molecule has 1 heterocycles. The van der Waals surface area contributed by atoms with Gasteiger partial charge in [0.25, 0.3) is 0 Å². The summed E-state index contributed by atoms with van der Waals surface area (Å²) in [6, 6.07) is 0. The minimum Gasteiger partial charge on any atom is -0.436 e. The Morgan fingerprint density at radius 2 is 2.33 bits per heavy atom. The third kappa shape index (κ3) is 1.43. The van der Waals surface area contributed by atoms with E-state index in [0.717, 1.165) is 6.26 Å². The van der Waals surface area contributed by atoms with E-state index < -0.39 is 14.3 Å². The van der Waals surface area contributed by atoms with Crippen molar-refractivity contribution in [3.8, 4) is 0 Å². The molecule has 0 saturated carbocycles. The SMILES string of the molecule is O=S(=O)(Cl)c1ncco1. The topological polar surface area (TPSA) is 60.2 Å². The van der Waals surface area contributed by atoms with E-state index in [0.29, 0.717) is 0 Å². The van der Waals surface area contributed by atoms with E-state index in [9.17, 15) is 8.42 Å². The normalized spacial score (nSPS) is 11.7. The van der Waals surface area contributed by atoms with Gasteiger partial charge in [0.1, 0.15) is 6.26 Å². The highest BCUT2D eigenvalue weighted by Gasteiger charge is 2.13. The molecule has 0 aliphatic heterocycles. The van der Waals surface area contributed by atoms with Gasteiger partial charge in [-0.2, -0.15) is 0 Å². The van der Waals surface area contributed by atoms with Crippen LogP contribution in [0.3, 0.4) is 0 Å². The van der Waals surface area contributed by atoms with Crippen molar-refractivity contribution < 1.29 is 12.8 Å². The monoisotopic (exact) mass is 167 g/mol. The summed E-state index contributed by atoms with van der Waals surface area (Å²) >= 11 is 0. The van der Waals surface area contributed by atoms with Gasteiger partial charge in [-0.15, -0.1) is 0 Å². The van der Waals surface area contributed by atoms with E-state index >= 15 is 0 Å². The Morgan fingerprint density at radius 1 is 1.67 bits per heavy atom. The molecule has 0 bridgehead atoms. The van der Waals surface area contributed by atoms with E-state index in [1.165, 1.54) is 6.20 Å². The number of rotatable bonds is 1. The molecule has 9 heavy (non-hydrogen) atoms. The third-order valence-corrected chi connectivity index (χ3v) is 1.63. The van der Waals surface area contributed by atoms with Gasteiger partial charge in [-0.3, -0.25) is 0 Å². The predicted octanol–water partition coefficient (Wildman–Crippen LogP) is 0.602. The largest absolute Gasteiger partial charge is 0.436 e. The van der Waals surface area contributed by atoms with Crippen LogP contribution in [-0.4, -0.2) is 13.4 Å². The van der Waals surface area contributed by atoms with Gasteiger partial charge >= 0.3 is 14.3 Å². The molecule has 0 radical (unpaired) electrons. The van der Waals surface area contributed by atoms with Crippen LogP contribution in [-0.2, 0) is 9.05 Å². The summed E-state index contributed by atoms with van der Waals surface area (Å²) in [6.45, 7) is 0. The van der Waals surface area contributed by atoms with Crippen molar-refractivity contribution in [3.05, 3.63) is 12.5 Å². The van der Waals surface area contributed by atoms with Gasteiger partial charge in [-0.1, -0.05) is 0 Å². The molecule has 0 unspecified atom stereocenters. The second-order valence-electron chi connectivity index (χ2n) is 1.24. The summed E-state index contributed by atoms with van der Waals surface area (Å²) in [6.07, 6.45) is 2.34. The standard InChI is InChI=1S/C3H2ClNO3S/c4-9(6,7)3-5-1-2-8-3/h1-2H. The molecule has 50 valence electrons. The number of hydrogen-bond donors (Lipinski definition) is 0. The number of halogens is 1. The summed E-state index contributed by atoms with van der Waals surface area (Å²) in [7, 11) is 1.05. The van der Waals surface area contributed by atoms with E-state index in [2.05, 4.69) is 9.40 Å². The van der Waals surface area contributed by atoms with Gasteiger partial charge in [0, 0.05) is 10.7 Å². The number of hydrogen-bond acceptors (Lipinski definition) is 4. The molecule has 6 heteroatoms. The van der Waals surface area contributed by atoms with Crippen LogP contribution in [0.5, 0.6) is 0 Å². The minimum atomic E-state index is -3.77. The highest BCUT2D eigenvalue weighted by atomic mass is 35.7. The first-order valence-corrected chi connectivity index (χ1v) is 4.26. The molecule has 0 atom stereocenters. The molecule has 0 aliphatic rings. The second kappa shape index (κ2) is 2.00. The summed E-state index contributed by atoms with van der Waals surface area (Å²) in [5.41, 5.74) is 0. The Hall–Kier alpha value is -0.550. The van der Waals surface area contributed by atoms with Crippen LogP contribution in [0, 0.1) is 0 Å². The zero-order valence-electron chi connectivity index (χ0n) is 4.11. The first-order valence-electron chi connectivity index (χ1n) is 1.95. The molecule has 1 rings (SSSR count). The smallest absolute Gasteiger partial charge is 0.330 e. The average molecular weight is 168 g/mol. The van der Waals surface area contributed by atoms with E-state index in [-0.39, 0.29) is 0 Å². The predicted molar refractivity (Wildman–Crippen MR) is 29.5 cm³/mol. The minimum absolute atomic E-state index is 0.468. The Bertz CT molecular complexity index is 276. The lowest BCUT2D eigenvalue weighted by Crippen LogP contribution is -1.88. The zero-order chi connectivity index (χ0) is 6.91. The van der Waals surface area contributed by atoms with E-state index in [1.54, 1.807) is 0 Å². The number of oxazole rings is 1. The molecule has 0 fully saturated rings. The molecule has 0 N–H and O–H groups in total. The molecule has 0 aromatic carbocycles. The number of aromatic nitrogens is 1. The van der Waals surface area contributed by atoms with Gasteiger partial charge in [0.2, 0.25) is 0 Å². The van der Waals surface area contributed by atoms with Gasteiger partial charge < -0.3 is 4.42 Å². The van der Waals surface area contributed by atoms with Crippen LogP contribution in [0.4, 0.5) is 0 Å². The fourth-order valence-corrected chi connectivity index (χ4v) is 0.917. The first-order chi connectivity index (χ1) is 4.11. The lowest BCUT2D eigenvalue weighted by atomic mass is 11.0. The van der Waals surface area contributed by atoms with Gasteiger partial charge in [-0.25, -0.2) is 13.4 Å². The molecule has 1 aromatic rings. The Labute approximate surface area is 55.9 Å². The molecule has 0 saturated heterocycles. The van der Waals surface area contributed by atoms with Gasteiger partial charge in [0.05, 0.1) is 6.20 Å². The van der Waals surface area contributed by atoms with Gasteiger partial charge in [-0.05, 0) is 0 Å². The summed E-state index contributed by atoms with van der Waals surface area (Å²) in [5.74, 6) is 0. The lowest BCUT2D eigenvalue weighted by Gasteiger charge is -1.81. The maximum Gasteiger partial charge on any atom is 0.330 e. The van der Waals surface area contributed by atoms with Crippen molar-refractivity contribution in [2.24, 2.45) is 0 Å². The van der Waals surface area contributed by atoms with Crippen molar-refractivity contribution in [1.29, 1.82) is 0 Å². The summed E-state index contributed by atoms with van der Waals surface area (Å²) in [4.78, 5) is 3.30. The highest BCUT2D eigenvalue weighted by molar-refractivity contribution is 8.13. The molecule has 0 aliphatic carbocycles. The summed E-state index contributed by atoms with van der Waals surface area (Å²) in [5, 5.41) is -0.468. The fourth-order valence-electron chi connectivity index (χ4n) is 0.331. The zero-order valence-corrected chi connectivity index (χ0v) is 5.69. The highest BCUT2D eigenvalue weighted by Crippen LogP contribution is 2.09. The number of nitrogens with zero attached hydrogens (tertiary/aromatic N) is 1. The van der Waals surface area contributed by atoms with Crippen LogP contribution in [0.25, 0.3) is 0 Å². The molecule has 0 spiro atoms. The van der Waals surface area contributed by atoms with Crippen molar-refractivity contribution in [2.75, 3.05) is 0 Å². The van der Waals surface area contributed by atoms with Crippen LogP contribution in [0.2, 0.25) is 0 Å². The third-order valence-electron chi connectivity index (χ3n) is 0.618. The Morgan fingerprint density at radius 3 is 2.56 bits per heavy atom. The second-order valence-corrected chi connectivity index (χ2v) is 3.68. The lowest BCUT2D eigenvalue weighted by molar-refractivity contribution is 0.435. The maximum atomic E-state index is 10.3. The van der Waals surface area contributed by atoms with Crippen molar-refractivity contribution in [3.63, 3.8) is 0 Å². The molecular weight excluding hydrogens is 166 g/mol. The fraction of sp³-hybridized carbons (Fsp3) is 0. The van der Waals surface area contributed by atoms with Gasteiger partial charge in [0.15, 0.2) is 0 Å². The molecule has 0 amide bonds. The summed E-state index contributed by atoms with van der Waals surface area (Å²) < 4.78 is 25.0. The van der Waals surface area contributed by atoms with Crippen molar-refractivity contribution in [2.45, 2.75) is 5.22 Å². The van der Waals surface area contributed by atoms with Crippen LogP contribution >= 0.6 is 10.7 Å². The maximum absolute atomic E-state index is 10.3. The first kappa shape index (κ1) is 6.57. The average Bonchev–Trinajstić information content (AvgIpc) is 2.08.